The van der Waals surface area contributed by atoms with E-state index in [-0.39, 0.29) is 0 Å². The number of nitrogens with one attached hydrogen (secondary N) is 1. The highest BCUT2D eigenvalue weighted by Crippen LogP contribution is 2.28. The standard InChI is InChI=1S/C20H23N3O3/c1-15-7-9-16(10-8-15)21-19(24)20(25)23-13-11-22(12-14-23)17-5-3-4-6-18(17)26-2/h3-10H,11-14H2,1-2H3,(H,21,24). The maximum atomic E-state index is 12.4. The zero-order chi connectivity index (χ0) is 18.5. The molecule has 0 saturated carbocycles. The fourth-order valence-electron chi connectivity index (χ4n) is 3.01. The van der Waals surface area contributed by atoms with Gasteiger partial charge < -0.3 is 19.9 Å². The van der Waals surface area contributed by atoms with E-state index in [1.54, 1.807) is 24.1 Å². The van der Waals surface area contributed by atoms with Crippen molar-refractivity contribution in [2.75, 3.05) is 43.5 Å². The van der Waals surface area contributed by atoms with E-state index in [9.17, 15) is 9.59 Å². The van der Waals surface area contributed by atoms with Gasteiger partial charge in [-0.15, -0.1) is 0 Å². The Morgan fingerprint density at radius 1 is 0.962 bits per heavy atom. The topological polar surface area (TPSA) is 61.9 Å². The molecular formula is C20H23N3O3. The first-order valence-corrected chi connectivity index (χ1v) is 8.63. The fraction of sp³-hybridized carbons (Fsp3) is 0.300. The third-order valence-electron chi connectivity index (χ3n) is 4.50. The van der Waals surface area contributed by atoms with Crippen LogP contribution >= 0.6 is 0 Å². The highest BCUT2D eigenvalue weighted by Gasteiger charge is 2.27. The van der Waals surface area contributed by atoms with E-state index in [4.69, 9.17) is 4.74 Å². The minimum Gasteiger partial charge on any atom is -0.495 e. The second kappa shape index (κ2) is 7.91. The Bertz CT molecular complexity index is 781. The number of hydrogen-bond donors (Lipinski definition) is 1. The van der Waals surface area contributed by atoms with Gasteiger partial charge in [0.25, 0.3) is 0 Å². The van der Waals surface area contributed by atoms with Crippen LogP contribution in [0.1, 0.15) is 5.56 Å². The third-order valence-corrected chi connectivity index (χ3v) is 4.50. The van der Waals surface area contributed by atoms with Gasteiger partial charge >= 0.3 is 11.8 Å². The molecule has 1 heterocycles. The first-order valence-electron chi connectivity index (χ1n) is 8.63. The Morgan fingerprint density at radius 2 is 1.62 bits per heavy atom. The number of benzene rings is 2. The lowest BCUT2D eigenvalue weighted by molar-refractivity contribution is -0.143. The summed E-state index contributed by atoms with van der Waals surface area (Å²) in [6.45, 7) is 4.28. The maximum Gasteiger partial charge on any atom is 0.313 e. The molecule has 0 spiro atoms. The van der Waals surface area contributed by atoms with E-state index >= 15 is 0 Å². The van der Waals surface area contributed by atoms with E-state index in [0.717, 1.165) is 17.0 Å². The number of aryl methyl sites for hydroxylation is 1. The molecular weight excluding hydrogens is 330 g/mol. The first kappa shape index (κ1) is 17.8. The number of nitrogens with zero attached hydrogens (tertiary/aromatic N) is 2. The molecule has 2 aromatic rings. The van der Waals surface area contributed by atoms with E-state index in [2.05, 4.69) is 10.2 Å². The zero-order valence-corrected chi connectivity index (χ0v) is 15.1. The highest BCUT2D eigenvalue weighted by molar-refractivity contribution is 6.39. The van der Waals surface area contributed by atoms with E-state index in [1.165, 1.54) is 0 Å². The predicted octanol–water partition coefficient (Wildman–Crippen LogP) is 2.29. The lowest BCUT2D eigenvalue weighted by Gasteiger charge is -2.36. The molecule has 1 aliphatic rings. The van der Waals surface area contributed by atoms with Crippen LogP contribution in [0.15, 0.2) is 48.5 Å². The molecule has 1 fully saturated rings. The molecule has 6 heteroatoms. The van der Waals surface area contributed by atoms with Gasteiger partial charge in [0.05, 0.1) is 12.8 Å². The Morgan fingerprint density at radius 3 is 2.27 bits per heavy atom. The van der Waals surface area contributed by atoms with Crippen LogP contribution in [-0.4, -0.2) is 50.0 Å². The molecule has 3 rings (SSSR count). The number of carbonyl (C=O) groups excluding carboxylic acids is 2. The lowest BCUT2D eigenvalue weighted by Crippen LogP contribution is -2.51. The molecule has 1 N–H and O–H groups in total. The summed E-state index contributed by atoms with van der Waals surface area (Å²) in [7, 11) is 1.65. The average Bonchev–Trinajstić information content (AvgIpc) is 2.69. The summed E-state index contributed by atoms with van der Waals surface area (Å²) < 4.78 is 5.40. The van der Waals surface area contributed by atoms with Crippen LogP contribution in [-0.2, 0) is 9.59 Å². The van der Waals surface area contributed by atoms with Gasteiger partial charge in [0.1, 0.15) is 5.75 Å². The second-order valence-electron chi connectivity index (χ2n) is 6.27. The first-order chi connectivity index (χ1) is 12.6. The SMILES string of the molecule is COc1ccccc1N1CCN(C(=O)C(=O)Nc2ccc(C)cc2)CC1. The van der Waals surface area contributed by atoms with Crippen molar-refractivity contribution in [3.63, 3.8) is 0 Å². The van der Waals surface area contributed by atoms with Gasteiger partial charge in [-0.3, -0.25) is 9.59 Å². The van der Waals surface area contributed by atoms with E-state index in [1.807, 2.05) is 43.3 Å². The third kappa shape index (κ3) is 3.96. The lowest BCUT2D eigenvalue weighted by atomic mass is 10.2. The maximum absolute atomic E-state index is 12.4. The van der Waals surface area contributed by atoms with Gasteiger partial charge in [-0.25, -0.2) is 0 Å². The van der Waals surface area contributed by atoms with Crippen molar-refractivity contribution in [2.24, 2.45) is 0 Å². The monoisotopic (exact) mass is 353 g/mol. The summed E-state index contributed by atoms with van der Waals surface area (Å²) >= 11 is 0. The normalized spacial score (nSPS) is 14.1. The molecule has 26 heavy (non-hydrogen) atoms. The average molecular weight is 353 g/mol. The molecule has 136 valence electrons. The van der Waals surface area contributed by atoms with Gasteiger partial charge in [0, 0.05) is 31.9 Å². The Labute approximate surface area is 153 Å². The number of methoxy groups -OCH3 is 1. The molecule has 0 aromatic heterocycles. The molecule has 0 radical (unpaired) electrons. The zero-order valence-electron chi connectivity index (χ0n) is 15.1. The van der Waals surface area contributed by atoms with Crippen LogP contribution < -0.4 is 15.0 Å². The van der Waals surface area contributed by atoms with Gasteiger partial charge in [-0.05, 0) is 31.2 Å². The summed E-state index contributed by atoms with van der Waals surface area (Å²) in [4.78, 5) is 28.4. The number of para-hydroxylation sites is 2. The number of ether oxygens (including phenoxy) is 1. The molecule has 2 amide bonds. The van der Waals surface area contributed by atoms with Crippen LogP contribution in [0.2, 0.25) is 0 Å². The quantitative estimate of drug-likeness (QED) is 0.860. The molecule has 2 aromatic carbocycles. The number of piperazine rings is 1. The summed E-state index contributed by atoms with van der Waals surface area (Å²) in [5.74, 6) is -0.283. The van der Waals surface area contributed by atoms with E-state index < -0.39 is 11.8 Å². The largest absolute Gasteiger partial charge is 0.495 e. The minimum atomic E-state index is -0.598. The molecule has 0 bridgehead atoms. The Kier molecular flexibility index (Phi) is 5.41. The highest BCUT2D eigenvalue weighted by atomic mass is 16.5. The van der Waals surface area contributed by atoms with Crippen LogP contribution in [0.5, 0.6) is 5.75 Å². The minimum absolute atomic E-state index is 0.495. The summed E-state index contributed by atoms with van der Waals surface area (Å²) in [5, 5.41) is 2.66. The van der Waals surface area contributed by atoms with Crippen molar-refractivity contribution in [3.05, 3.63) is 54.1 Å². The molecule has 1 aliphatic heterocycles. The molecule has 0 atom stereocenters. The van der Waals surface area contributed by atoms with Crippen molar-refractivity contribution in [1.29, 1.82) is 0 Å². The summed E-state index contributed by atoms with van der Waals surface area (Å²) in [6.07, 6.45) is 0. The van der Waals surface area contributed by atoms with Crippen molar-refractivity contribution >= 4 is 23.2 Å². The summed E-state index contributed by atoms with van der Waals surface area (Å²) in [5.41, 5.74) is 2.73. The molecule has 0 unspecified atom stereocenters. The number of anilines is 2. The smallest absolute Gasteiger partial charge is 0.313 e. The Balaban J connectivity index is 1.58. The van der Waals surface area contributed by atoms with Gasteiger partial charge in [-0.2, -0.15) is 0 Å². The van der Waals surface area contributed by atoms with Gasteiger partial charge in [0.15, 0.2) is 0 Å². The molecule has 1 saturated heterocycles. The predicted molar refractivity (Wildman–Crippen MR) is 102 cm³/mol. The number of rotatable bonds is 3. The number of carbonyl (C=O) groups is 2. The van der Waals surface area contributed by atoms with Crippen LogP contribution in [0.4, 0.5) is 11.4 Å². The van der Waals surface area contributed by atoms with E-state index in [0.29, 0.717) is 31.9 Å². The Hall–Kier alpha value is -3.02. The van der Waals surface area contributed by atoms with Gasteiger partial charge in [-0.1, -0.05) is 29.8 Å². The summed E-state index contributed by atoms with van der Waals surface area (Å²) in [6, 6.07) is 15.2. The van der Waals surface area contributed by atoms with Crippen LogP contribution in [0.25, 0.3) is 0 Å². The molecule has 0 aliphatic carbocycles. The fourth-order valence-corrected chi connectivity index (χ4v) is 3.01. The number of hydrogen-bond acceptors (Lipinski definition) is 4. The van der Waals surface area contributed by atoms with Crippen molar-refractivity contribution < 1.29 is 14.3 Å². The van der Waals surface area contributed by atoms with Crippen LogP contribution in [0, 0.1) is 6.92 Å². The van der Waals surface area contributed by atoms with Crippen molar-refractivity contribution in [3.8, 4) is 5.75 Å². The van der Waals surface area contributed by atoms with Crippen LogP contribution in [0.3, 0.4) is 0 Å². The van der Waals surface area contributed by atoms with Crippen molar-refractivity contribution in [2.45, 2.75) is 6.92 Å². The molecule has 6 nitrogen and oxygen atoms in total. The number of amides is 2. The van der Waals surface area contributed by atoms with Gasteiger partial charge in [0.2, 0.25) is 0 Å². The second-order valence-corrected chi connectivity index (χ2v) is 6.27. The van der Waals surface area contributed by atoms with Crippen molar-refractivity contribution in [1.82, 2.24) is 4.90 Å².